The normalized spacial score (nSPS) is 13.4. The number of hydrogen-bond donors (Lipinski definition) is 0. The molecule has 0 spiro atoms. The van der Waals surface area contributed by atoms with Crippen LogP contribution in [0.3, 0.4) is 0 Å². The summed E-state index contributed by atoms with van der Waals surface area (Å²) in [7, 11) is -6.71. The maximum Gasteiger partial charge on any atom is 0.331 e. The molecule has 0 aliphatic rings. The van der Waals surface area contributed by atoms with Gasteiger partial charge in [0, 0.05) is 0 Å². The Morgan fingerprint density at radius 1 is 0.875 bits per heavy atom. The minimum Gasteiger partial charge on any atom is -0.494 e. The second-order valence-corrected chi connectivity index (χ2v) is 13.6. The van der Waals surface area contributed by atoms with Crippen molar-refractivity contribution >= 4 is 17.7 Å². The summed E-state index contributed by atoms with van der Waals surface area (Å²) in [6, 6.07) is 5.67. The molecule has 0 radical (unpaired) electrons. The second-order valence-electron chi connectivity index (χ2n) is 9.96. The van der Waals surface area contributed by atoms with Crippen molar-refractivity contribution in [2.75, 3.05) is 19.0 Å². The Morgan fingerprint density at radius 3 is 1.94 bits per heavy atom. The van der Waals surface area contributed by atoms with Gasteiger partial charge >= 0.3 is 7.60 Å². The van der Waals surface area contributed by atoms with Crippen molar-refractivity contribution in [3.8, 4) is 5.75 Å². The molecule has 0 heterocycles. The third-order valence-electron chi connectivity index (χ3n) is 4.04. The minimum atomic E-state index is -3.50. The van der Waals surface area contributed by atoms with Crippen LogP contribution in [0.25, 0.3) is 0 Å². The van der Waals surface area contributed by atoms with Crippen molar-refractivity contribution < 1.29 is 31.0 Å². The van der Waals surface area contributed by atoms with Gasteiger partial charge in [0.1, 0.15) is 5.75 Å². The van der Waals surface area contributed by atoms with Gasteiger partial charge in [-0.3, -0.25) is 8.75 Å². The smallest absolute Gasteiger partial charge is 0.331 e. The van der Waals surface area contributed by atoms with E-state index in [4.69, 9.17) is 18.0 Å². The van der Waals surface area contributed by atoms with Crippen molar-refractivity contribution in [1.82, 2.24) is 0 Å². The molecule has 32 heavy (non-hydrogen) atoms. The molecule has 0 aromatic heterocycles. The van der Waals surface area contributed by atoms with E-state index in [0.29, 0.717) is 24.9 Å². The monoisotopic (exact) mass is 492 g/mol. The van der Waals surface area contributed by atoms with Crippen LogP contribution >= 0.6 is 7.60 Å². The molecule has 7 nitrogen and oxygen atoms in total. The standard InChI is InChI=1S/C23H41O7PS/c1-9-19-15-20(18-28-32(8,25)26)17-21(16-19)27-13-11-10-12-14-31(24,29-22(2,3)4)30-23(5,6)7/h15-17H,9-14,18H2,1-8H3. The fraction of sp³-hybridized carbons (Fsp3) is 0.739. The van der Waals surface area contributed by atoms with Gasteiger partial charge < -0.3 is 13.8 Å². The first kappa shape index (κ1) is 29.1. The van der Waals surface area contributed by atoms with Crippen LogP contribution in [-0.2, 0) is 40.9 Å². The van der Waals surface area contributed by atoms with E-state index in [1.54, 1.807) is 6.07 Å². The number of rotatable bonds is 13. The highest BCUT2D eigenvalue weighted by molar-refractivity contribution is 7.85. The Bertz CT molecular complexity index is 847. The first-order chi connectivity index (χ1) is 14.5. The summed E-state index contributed by atoms with van der Waals surface area (Å²) in [6.45, 7) is 13.8. The van der Waals surface area contributed by atoms with Gasteiger partial charge in [-0.15, -0.1) is 0 Å². The third kappa shape index (κ3) is 13.6. The van der Waals surface area contributed by atoms with Crippen LogP contribution in [0.5, 0.6) is 5.75 Å². The van der Waals surface area contributed by atoms with Crippen LogP contribution in [0.4, 0.5) is 0 Å². The van der Waals surface area contributed by atoms with Gasteiger partial charge in [0.05, 0.1) is 36.8 Å². The topological polar surface area (TPSA) is 88.1 Å². The molecule has 0 amide bonds. The SMILES string of the molecule is CCc1cc(COS(C)(=O)=O)cc(OCCCCCP(=O)(OC(C)(C)C)OC(C)(C)C)c1. The minimum absolute atomic E-state index is 0.0140. The fourth-order valence-electron chi connectivity index (χ4n) is 2.99. The van der Waals surface area contributed by atoms with Crippen molar-refractivity contribution in [2.24, 2.45) is 0 Å². The van der Waals surface area contributed by atoms with E-state index in [-0.39, 0.29) is 6.61 Å². The van der Waals surface area contributed by atoms with Gasteiger partial charge in [0.25, 0.3) is 10.1 Å². The number of benzene rings is 1. The van der Waals surface area contributed by atoms with Gasteiger partial charge in [-0.05, 0) is 90.5 Å². The van der Waals surface area contributed by atoms with Gasteiger partial charge in [0.2, 0.25) is 0 Å². The maximum atomic E-state index is 13.2. The van der Waals surface area contributed by atoms with E-state index in [0.717, 1.165) is 36.6 Å². The van der Waals surface area contributed by atoms with E-state index in [9.17, 15) is 13.0 Å². The molecule has 0 unspecified atom stereocenters. The predicted molar refractivity (Wildman–Crippen MR) is 129 cm³/mol. The Morgan fingerprint density at radius 2 is 1.44 bits per heavy atom. The summed E-state index contributed by atoms with van der Waals surface area (Å²) >= 11 is 0. The Labute approximate surface area is 194 Å². The summed E-state index contributed by atoms with van der Waals surface area (Å²) in [4.78, 5) is 0. The summed E-state index contributed by atoms with van der Waals surface area (Å²) in [5, 5.41) is 0. The van der Waals surface area contributed by atoms with Crippen molar-refractivity contribution in [2.45, 2.75) is 92.0 Å². The number of hydrogen-bond acceptors (Lipinski definition) is 7. The van der Waals surface area contributed by atoms with E-state index >= 15 is 0 Å². The van der Waals surface area contributed by atoms with Crippen LogP contribution in [0.2, 0.25) is 0 Å². The predicted octanol–water partition coefficient (Wildman–Crippen LogP) is 6.10. The molecule has 0 atom stereocenters. The molecule has 0 aliphatic carbocycles. The Kier molecular flexibility index (Phi) is 10.9. The molecule has 0 bridgehead atoms. The molecule has 0 fully saturated rings. The van der Waals surface area contributed by atoms with Crippen molar-refractivity contribution in [1.29, 1.82) is 0 Å². The van der Waals surface area contributed by atoms with E-state index in [1.807, 2.05) is 60.6 Å². The molecule has 1 aromatic rings. The number of ether oxygens (including phenoxy) is 1. The molecule has 0 saturated carbocycles. The molecular weight excluding hydrogens is 451 g/mol. The van der Waals surface area contributed by atoms with Gasteiger partial charge in [-0.2, -0.15) is 8.42 Å². The molecular formula is C23H41O7PS. The van der Waals surface area contributed by atoms with Crippen LogP contribution in [0, 0.1) is 0 Å². The summed E-state index contributed by atoms with van der Waals surface area (Å²) in [5.74, 6) is 0.689. The molecule has 186 valence electrons. The Balaban J connectivity index is 2.57. The average molecular weight is 493 g/mol. The zero-order valence-electron chi connectivity index (χ0n) is 20.9. The highest BCUT2D eigenvalue weighted by Gasteiger charge is 2.34. The van der Waals surface area contributed by atoms with Crippen molar-refractivity contribution in [3.05, 3.63) is 29.3 Å². The average Bonchev–Trinajstić information content (AvgIpc) is 2.58. The molecule has 9 heteroatoms. The zero-order chi connectivity index (χ0) is 24.6. The fourth-order valence-corrected chi connectivity index (χ4v) is 5.84. The first-order valence-electron chi connectivity index (χ1n) is 11.1. The van der Waals surface area contributed by atoms with E-state index in [1.165, 1.54) is 0 Å². The lowest BCUT2D eigenvalue weighted by atomic mass is 10.1. The summed E-state index contributed by atoms with van der Waals surface area (Å²) < 4.78 is 58.1. The first-order valence-corrected chi connectivity index (χ1v) is 14.7. The quantitative estimate of drug-likeness (QED) is 0.187. The highest BCUT2D eigenvalue weighted by atomic mass is 32.2. The number of aryl methyl sites for hydroxylation is 1. The van der Waals surface area contributed by atoms with E-state index in [2.05, 4.69) is 0 Å². The molecule has 1 aromatic carbocycles. The summed E-state index contributed by atoms with van der Waals surface area (Å²) in [5.41, 5.74) is 0.706. The maximum absolute atomic E-state index is 13.2. The summed E-state index contributed by atoms with van der Waals surface area (Å²) in [6.07, 6.45) is 4.51. The van der Waals surface area contributed by atoms with Crippen LogP contribution < -0.4 is 4.74 Å². The molecule has 0 saturated heterocycles. The lowest BCUT2D eigenvalue weighted by Crippen LogP contribution is -2.24. The Hall–Kier alpha value is -0.920. The van der Waals surface area contributed by atoms with Crippen LogP contribution in [-0.4, -0.2) is 38.6 Å². The van der Waals surface area contributed by atoms with Crippen LogP contribution in [0.15, 0.2) is 18.2 Å². The van der Waals surface area contributed by atoms with Crippen LogP contribution in [0.1, 0.15) is 78.9 Å². The highest BCUT2D eigenvalue weighted by Crippen LogP contribution is 2.54. The van der Waals surface area contributed by atoms with Gasteiger partial charge in [-0.25, -0.2) is 0 Å². The molecule has 1 rings (SSSR count). The van der Waals surface area contributed by atoms with Crippen molar-refractivity contribution in [3.63, 3.8) is 0 Å². The van der Waals surface area contributed by atoms with Gasteiger partial charge in [-0.1, -0.05) is 13.0 Å². The molecule has 0 N–H and O–H groups in total. The lowest BCUT2D eigenvalue weighted by molar-refractivity contribution is 0.0490. The lowest BCUT2D eigenvalue weighted by Gasteiger charge is -2.32. The van der Waals surface area contributed by atoms with Gasteiger partial charge in [0.15, 0.2) is 0 Å². The third-order valence-corrected chi connectivity index (χ3v) is 7.11. The molecule has 0 aliphatic heterocycles. The number of unbranched alkanes of at least 4 members (excludes halogenated alkanes) is 2. The second kappa shape index (κ2) is 12.0. The largest absolute Gasteiger partial charge is 0.494 e. The zero-order valence-corrected chi connectivity index (χ0v) is 22.6. The van der Waals surface area contributed by atoms with E-state index < -0.39 is 28.9 Å².